The third-order valence-corrected chi connectivity index (χ3v) is 4.83. The Bertz CT molecular complexity index is 1240. The molecule has 0 aliphatic carbocycles. The van der Waals surface area contributed by atoms with Crippen molar-refractivity contribution in [2.45, 2.75) is 6.17 Å². The zero-order valence-corrected chi connectivity index (χ0v) is 16.8. The maximum absolute atomic E-state index is 13.8. The number of hydrogen-bond donors (Lipinski definition) is 3. The molecule has 4 rings (SSSR count). The van der Waals surface area contributed by atoms with Crippen molar-refractivity contribution < 1.29 is 27.2 Å². The van der Waals surface area contributed by atoms with Crippen molar-refractivity contribution in [1.82, 2.24) is 5.32 Å². The summed E-state index contributed by atoms with van der Waals surface area (Å²) in [6.45, 7) is -0.774. The third-order valence-electron chi connectivity index (χ3n) is 4.83. The quantitative estimate of drug-likeness (QED) is 0.406. The van der Waals surface area contributed by atoms with Crippen LogP contribution in [0.3, 0.4) is 0 Å². The fraction of sp³-hybridized carbons (Fsp3) is 0.0870. The van der Waals surface area contributed by atoms with E-state index in [2.05, 4.69) is 15.6 Å². The van der Waals surface area contributed by atoms with Gasteiger partial charge in [0.15, 0.2) is 23.3 Å². The standard InChI is InChI=1S/C23H16F4N4O2/c24-14-10-15(25)19(27)21(18(14)26)28-11-17(32)30-22-23(33)29-16-9-5-4-8-13(16)20(31-22)12-6-2-1-3-7-12/h1-10,22,28H,11H2,(H,29,33)(H,30,32). The Morgan fingerprint density at radius 3 is 2.27 bits per heavy atom. The molecular formula is C23H16F4N4O2. The summed E-state index contributed by atoms with van der Waals surface area (Å²) in [5, 5.41) is 7.05. The first-order valence-electron chi connectivity index (χ1n) is 9.75. The molecule has 6 nitrogen and oxygen atoms in total. The molecule has 1 atom stereocenters. The van der Waals surface area contributed by atoms with Crippen LogP contribution in [0.1, 0.15) is 11.1 Å². The van der Waals surface area contributed by atoms with Gasteiger partial charge in [-0.15, -0.1) is 0 Å². The van der Waals surface area contributed by atoms with Crippen molar-refractivity contribution in [3.8, 4) is 0 Å². The topological polar surface area (TPSA) is 82.6 Å². The van der Waals surface area contributed by atoms with Gasteiger partial charge in [0.1, 0.15) is 5.69 Å². The zero-order valence-electron chi connectivity index (χ0n) is 16.8. The molecule has 0 aromatic heterocycles. The van der Waals surface area contributed by atoms with Crippen LogP contribution < -0.4 is 16.0 Å². The Kier molecular flexibility index (Phi) is 6.07. The first-order chi connectivity index (χ1) is 15.8. The molecule has 0 spiro atoms. The van der Waals surface area contributed by atoms with Gasteiger partial charge in [-0.3, -0.25) is 9.59 Å². The lowest BCUT2D eigenvalue weighted by atomic mass is 10.0. The number of carbonyl (C=O) groups excluding carboxylic acids is 2. The monoisotopic (exact) mass is 456 g/mol. The highest BCUT2D eigenvalue weighted by Crippen LogP contribution is 2.25. The predicted octanol–water partition coefficient (Wildman–Crippen LogP) is 3.59. The summed E-state index contributed by atoms with van der Waals surface area (Å²) in [6.07, 6.45) is -1.37. The molecule has 1 aliphatic heterocycles. The average Bonchev–Trinajstić information content (AvgIpc) is 2.94. The molecule has 3 aromatic rings. The van der Waals surface area contributed by atoms with Crippen molar-refractivity contribution in [3.05, 3.63) is 95.1 Å². The highest BCUT2D eigenvalue weighted by Gasteiger charge is 2.27. The normalized spacial score (nSPS) is 15.1. The van der Waals surface area contributed by atoms with Gasteiger partial charge in [0.05, 0.1) is 17.9 Å². The molecule has 0 bridgehead atoms. The minimum Gasteiger partial charge on any atom is -0.371 e. The summed E-state index contributed by atoms with van der Waals surface area (Å²) < 4.78 is 54.3. The van der Waals surface area contributed by atoms with Crippen molar-refractivity contribution in [3.63, 3.8) is 0 Å². The number of rotatable bonds is 5. The number of anilines is 2. The predicted molar refractivity (Wildman–Crippen MR) is 114 cm³/mol. The van der Waals surface area contributed by atoms with Crippen LogP contribution >= 0.6 is 0 Å². The number of halogens is 4. The molecule has 168 valence electrons. The highest BCUT2D eigenvalue weighted by atomic mass is 19.2. The Morgan fingerprint density at radius 2 is 1.58 bits per heavy atom. The Morgan fingerprint density at radius 1 is 0.939 bits per heavy atom. The smallest absolute Gasteiger partial charge is 0.269 e. The van der Waals surface area contributed by atoms with E-state index < -0.39 is 53.5 Å². The van der Waals surface area contributed by atoms with E-state index in [1.807, 2.05) is 11.4 Å². The van der Waals surface area contributed by atoms with Crippen LogP contribution in [-0.4, -0.2) is 30.2 Å². The Labute approximate surface area is 185 Å². The van der Waals surface area contributed by atoms with Crippen molar-refractivity contribution in [2.24, 2.45) is 4.99 Å². The summed E-state index contributed by atoms with van der Waals surface area (Å²) in [7, 11) is 0. The summed E-state index contributed by atoms with van der Waals surface area (Å²) in [5.41, 5.74) is 1.12. The van der Waals surface area contributed by atoms with Gasteiger partial charge in [0, 0.05) is 17.2 Å². The summed E-state index contributed by atoms with van der Waals surface area (Å²) in [4.78, 5) is 29.5. The van der Waals surface area contributed by atoms with Crippen molar-refractivity contribution >= 4 is 28.9 Å². The van der Waals surface area contributed by atoms with E-state index in [9.17, 15) is 27.2 Å². The summed E-state index contributed by atoms with van der Waals surface area (Å²) in [5.74, 6) is -8.11. The van der Waals surface area contributed by atoms with E-state index in [4.69, 9.17) is 0 Å². The molecule has 1 heterocycles. The molecule has 1 aliphatic rings. The van der Waals surface area contributed by atoms with Gasteiger partial charge < -0.3 is 16.0 Å². The minimum atomic E-state index is -1.67. The van der Waals surface area contributed by atoms with Gasteiger partial charge >= 0.3 is 0 Å². The second-order valence-corrected chi connectivity index (χ2v) is 7.05. The maximum atomic E-state index is 13.8. The van der Waals surface area contributed by atoms with Crippen LogP contribution in [0.25, 0.3) is 0 Å². The van der Waals surface area contributed by atoms with Gasteiger partial charge in [0.25, 0.3) is 5.91 Å². The van der Waals surface area contributed by atoms with E-state index in [0.717, 1.165) is 0 Å². The van der Waals surface area contributed by atoms with Gasteiger partial charge in [-0.05, 0) is 6.07 Å². The van der Waals surface area contributed by atoms with Crippen LogP contribution in [0.5, 0.6) is 0 Å². The number of nitrogens with one attached hydrogen (secondary N) is 3. The molecular weight excluding hydrogens is 440 g/mol. The average molecular weight is 456 g/mol. The largest absolute Gasteiger partial charge is 0.371 e. The summed E-state index contributed by atoms with van der Waals surface area (Å²) >= 11 is 0. The van der Waals surface area contributed by atoms with Crippen LogP contribution in [-0.2, 0) is 9.59 Å². The molecule has 2 amide bonds. The molecule has 3 N–H and O–H groups in total. The second kappa shape index (κ2) is 9.11. The lowest BCUT2D eigenvalue weighted by Gasteiger charge is -2.15. The zero-order chi connectivity index (χ0) is 23.5. The van der Waals surface area contributed by atoms with Crippen LogP contribution in [0, 0.1) is 23.3 Å². The number of nitrogens with zero attached hydrogens (tertiary/aromatic N) is 1. The minimum absolute atomic E-state index is 0.0588. The van der Waals surface area contributed by atoms with Crippen molar-refractivity contribution in [1.29, 1.82) is 0 Å². The lowest BCUT2D eigenvalue weighted by molar-refractivity contribution is -0.125. The Balaban J connectivity index is 1.58. The summed E-state index contributed by atoms with van der Waals surface area (Å²) in [6, 6.07) is 16.0. The van der Waals surface area contributed by atoms with Gasteiger partial charge in [-0.25, -0.2) is 22.6 Å². The number of carbonyl (C=O) groups is 2. The molecule has 10 heteroatoms. The number of hydrogen-bond acceptors (Lipinski definition) is 4. The number of amides is 2. The lowest BCUT2D eigenvalue weighted by Crippen LogP contribution is -2.44. The Hall–Kier alpha value is -4.21. The molecule has 0 fully saturated rings. The molecule has 0 radical (unpaired) electrons. The fourth-order valence-corrected chi connectivity index (χ4v) is 3.28. The number of fused-ring (bicyclic) bond motifs is 1. The van der Waals surface area contributed by atoms with Crippen molar-refractivity contribution in [2.75, 3.05) is 17.2 Å². The number of benzene rings is 3. The van der Waals surface area contributed by atoms with Gasteiger partial charge in [-0.2, -0.15) is 0 Å². The molecule has 0 saturated heterocycles. The molecule has 3 aromatic carbocycles. The van der Waals surface area contributed by atoms with Crippen LogP contribution in [0.15, 0.2) is 65.7 Å². The van der Waals surface area contributed by atoms with E-state index >= 15 is 0 Å². The van der Waals surface area contributed by atoms with E-state index in [-0.39, 0.29) is 6.07 Å². The second-order valence-electron chi connectivity index (χ2n) is 7.05. The highest BCUT2D eigenvalue weighted by molar-refractivity contribution is 6.19. The van der Waals surface area contributed by atoms with Crippen LogP contribution in [0.4, 0.5) is 28.9 Å². The van der Waals surface area contributed by atoms with E-state index in [1.165, 1.54) is 0 Å². The van der Waals surface area contributed by atoms with Gasteiger partial charge in [-0.1, -0.05) is 48.5 Å². The third kappa shape index (κ3) is 4.54. The number of para-hydroxylation sites is 1. The fourth-order valence-electron chi connectivity index (χ4n) is 3.28. The first-order valence-corrected chi connectivity index (χ1v) is 9.75. The first kappa shape index (κ1) is 22.0. The molecule has 0 saturated carbocycles. The maximum Gasteiger partial charge on any atom is 0.269 e. The number of benzodiazepines with no additional fused rings is 1. The van der Waals surface area contributed by atoms with E-state index in [1.54, 1.807) is 48.5 Å². The SMILES string of the molecule is O=C(CNc1c(F)c(F)cc(F)c1F)NC1N=C(c2ccccc2)c2ccccc2NC1=O. The molecule has 33 heavy (non-hydrogen) atoms. The number of aliphatic imine (C=N–C) groups is 1. The van der Waals surface area contributed by atoms with Crippen LogP contribution in [0.2, 0.25) is 0 Å². The molecule has 1 unspecified atom stereocenters. The van der Waals surface area contributed by atoms with Gasteiger partial charge in [0.2, 0.25) is 12.1 Å². The van der Waals surface area contributed by atoms with E-state index in [0.29, 0.717) is 22.5 Å².